The summed E-state index contributed by atoms with van der Waals surface area (Å²) >= 11 is 6.30. The fraction of sp³-hybridized carbons (Fsp3) is 0.172. The van der Waals surface area contributed by atoms with Crippen LogP contribution in [0.3, 0.4) is 0 Å². The summed E-state index contributed by atoms with van der Waals surface area (Å²) in [5.41, 5.74) is 3.89. The van der Waals surface area contributed by atoms with Gasteiger partial charge >= 0.3 is 6.09 Å². The van der Waals surface area contributed by atoms with E-state index < -0.39 is 18.0 Å². The maximum atomic E-state index is 13.4. The second-order valence-corrected chi connectivity index (χ2v) is 9.50. The molecule has 3 aromatic carbocycles. The van der Waals surface area contributed by atoms with Crippen molar-refractivity contribution in [2.24, 2.45) is 0 Å². The number of rotatable bonds is 6. The van der Waals surface area contributed by atoms with Crippen molar-refractivity contribution in [3.63, 3.8) is 0 Å². The van der Waals surface area contributed by atoms with Crippen molar-refractivity contribution in [1.29, 1.82) is 0 Å². The smallest absolute Gasteiger partial charge is 0.416 e. The van der Waals surface area contributed by atoms with E-state index in [1.807, 2.05) is 59.4 Å². The average Bonchev–Trinajstić information content (AvgIpc) is 3.57. The molecule has 6 rings (SSSR count). The van der Waals surface area contributed by atoms with Crippen molar-refractivity contribution in [1.82, 2.24) is 19.7 Å². The van der Waals surface area contributed by atoms with Crippen molar-refractivity contribution in [3.05, 3.63) is 113 Å². The van der Waals surface area contributed by atoms with E-state index in [0.29, 0.717) is 31.1 Å². The van der Waals surface area contributed by atoms with Gasteiger partial charge in [-0.05, 0) is 78.2 Å². The Balaban J connectivity index is 1.30. The summed E-state index contributed by atoms with van der Waals surface area (Å²) in [5, 5.41) is 5.89. The number of nitrogens with one attached hydrogen (secondary N) is 1. The van der Waals surface area contributed by atoms with E-state index in [0.717, 1.165) is 33.5 Å². The summed E-state index contributed by atoms with van der Waals surface area (Å²) in [6.07, 6.45) is 3.75. The average molecular weight is 531 g/mol. The third-order valence-corrected chi connectivity index (χ3v) is 6.92. The van der Waals surface area contributed by atoms with Crippen LogP contribution in [0.25, 0.3) is 10.9 Å². The highest BCUT2D eigenvalue weighted by Gasteiger charge is 2.35. The summed E-state index contributed by atoms with van der Waals surface area (Å²) < 4.78 is 26.7. The molecule has 1 aliphatic rings. The third kappa shape index (κ3) is 4.82. The highest BCUT2D eigenvalue weighted by atomic mass is 35.5. The number of benzene rings is 3. The Labute approximate surface area is 223 Å². The molecule has 0 saturated carbocycles. The lowest BCUT2D eigenvalue weighted by molar-refractivity contribution is 0.135. The first-order valence-electron chi connectivity index (χ1n) is 12.3. The molecule has 1 atom stereocenters. The van der Waals surface area contributed by atoms with Gasteiger partial charge in [-0.2, -0.15) is 5.10 Å². The number of carbonyl (C=O) groups excluding carboxylic acids is 1. The second kappa shape index (κ2) is 10.2. The topological polar surface area (TPSA) is 72.4 Å². The van der Waals surface area contributed by atoms with Gasteiger partial charge in [0.25, 0.3) is 0 Å². The van der Waals surface area contributed by atoms with Gasteiger partial charge in [0.05, 0.1) is 6.54 Å². The number of H-pyrrole nitrogens is 1. The molecule has 0 bridgehead atoms. The standard InChI is InChI=1S/C29H24ClFN4O3/c30-20-4-11-26-25(18-20)24-12-15-35(29(36)38-23-9-5-21(31)6-10-23)28(27(24)33-26)19-2-7-22(8-3-19)37-17-16-34-14-1-13-32-34/h1-11,13-14,18,28,33H,12,15-17H2. The molecule has 0 saturated heterocycles. The monoisotopic (exact) mass is 530 g/mol. The van der Waals surface area contributed by atoms with Crippen LogP contribution in [0.4, 0.5) is 9.18 Å². The first kappa shape index (κ1) is 24.1. The number of nitrogens with zero attached hydrogens (tertiary/aromatic N) is 3. The largest absolute Gasteiger partial charge is 0.492 e. The van der Waals surface area contributed by atoms with Gasteiger partial charge in [-0.1, -0.05) is 23.7 Å². The van der Waals surface area contributed by atoms with Crippen LogP contribution in [-0.4, -0.2) is 38.9 Å². The fourth-order valence-electron chi connectivity index (χ4n) is 4.90. The lowest BCUT2D eigenvalue weighted by Crippen LogP contribution is -2.42. The van der Waals surface area contributed by atoms with E-state index in [2.05, 4.69) is 10.1 Å². The predicted molar refractivity (Wildman–Crippen MR) is 142 cm³/mol. The number of ether oxygens (including phenoxy) is 2. The van der Waals surface area contributed by atoms with Gasteiger partial charge in [0, 0.05) is 40.6 Å². The number of fused-ring (bicyclic) bond motifs is 3. The van der Waals surface area contributed by atoms with Crippen LogP contribution in [0.1, 0.15) is 22.9 Å². The van der Waals surface area contributed by atoms with Gasteiger partial charge < -0.3 is 14.5 Å². The maximum absolute atomic E-state index is 13.4. The van der Waals surface area contributed by atoms with Crippen molar-refractivity contribution < 1.29 is 18.7 Å². The number of hydrogen-bond donors (Lipinski definition) is 1. The normalized spacial score (nSPS) is 14.9. The molecule has 5 aromatic rings. The molecule has 1 amide bonds. The quantitative estimate of drug-likeness (QED) is 0.276. The van der Waals surface area contributed by atoms with Gasteiger partial charge in [0.15, 0.2) is 0 Å². The number of aromatic nitrogens is 3. The Morgan fingerprint density at radius 1 is 1.08 bits per heavy atom. The minimum atomic E-state index is -0.511. The number of amides is 1. The molecule has 38 heavy (non-hydrogen) atoms. The van der Waals surface area contributed by atoms with Gasteiger partial charge in [0.2, 0.25) is 0 Å². The number of carbonyl (C=O) groups is 1. The summed E-state index contributed by atoms with van der Waals surface area (Å²) in [4.78, 5) is 18.6. The Bertz CT molecular complexity index is 1570. The van der Waals surface area contributed by atoms with E-state index in [1.165, 1.54) is 24.3 Å². The lowest BCUT2D eigenvalue weighted by atomic mass is 9.92. The first-order chi connectivity index (χ1) is 18.5. The zero-order valence-electron chi connectivity index (χ0n) is 20.3. The zero-order chi connectivity index (χ0) is 26.1. The highest BCUT2D eigenvalue weighted by molar-refractivity contribution is 6.31. The van der Waals surface area contributed by atoms with Crippen LogP contribution in [0.2, 0.25) is 5.02 Å². The number of hydrogen-bond acceptors (Lipinski definition) is 4. The van der Waals surface area contributed by atoms with Crippen molar-refractivity contribution >= 4 is 28.6 Å². The molecule has 0 fully saturated rings. The molecule has 0 spiro atoms. The van der Waals surface area contributed by atoms with Crippen LogP contribution < -0.4 is 9.47 Å². The van der Waals surface area contributed by atoms with Crippen LogP contribution >= 0.6 is 11.6 Å². The summed E-state index contributed by atoms with van der Waals surface area (Å²) in [7, 11) is 0. The number of aromatic amines is 1. The summed E-state index contributed by atoms with van der Waals surface area (Å²) in [6, 6.07) is 20.3. The van der Waals surface area contributed by atoms with Crippen molar-refractivity contribution in [2.75, 3.05) is 13.2 Å². The van der Waals surface area contributed by atoms with Crippen LogP contribution in [0, 0.1) is 5.82 Å². The lowest BCUT2D eigenvalue weighted by Gasteiger charge is -2.35. The molecule has 1 aliphatic heterocycles. The minimum absolute atomic E-state index is 0.283. The van der Waals surface area contributed by atoms with Crippen LogP contribution in [0.5, 0.6) is 11.5 Å². The van der Waals surface area contributed by atoms with E-state index in [4.69, 9.17) is 21.1 Å². The fourth-order valence-corrected chi connectivity index (χ4v) is 5.07. The SMILES string of the molecule is O=C(Oc1ccc(F)cc1)N1CCc2c([nH]c3ccc(Cl)cc23)C1c1ccc(OCCn2cccn2)cc1. The molecular formula is C29H24ClFN4O3. The van der Waals surface area contributed by atoms with Crippen molar-refractivity contribution in [3.8, 4) is 11.5 Å². The Hall–Kier alpha value is -4.30. The van der Waals surface area contributed by atoms with Gasteiger partial charge in [-0.25, -0.2) is 9.18 Å². The molecule has 7 nitrogen and oxygen atoms in total. The molecule has 3 heterocycles. The van der Waals surface area contributed by atoms with E-state index in [1.54, 1.807) is 11.1 Å². The van der Waals surface area contributed by atoms with Gasteiger partial charge in [0.1, 0.15) is 30.0 Å². The first-order valence-corrected chi connectivity index (χ1v) is 12.7. The summed E-state index contributed by atoms with van der Waals surface area (Å²) in [6.45, 7) is 1.56. The van der Waals surface area contributed by atoms with Gasteiger partial charge in [-0.3, -0.25) is 9.58 Å². The van der Waals surface area contributed by atoms with Gasteiger partial charge in [-0.15, -0.1) is 0 Å². The van der Waals surface area contributed by atoms with Crippen LogP contribution in [0.15, 0.2) is 85.2 Å². The Morgan fingerprint density at radius 2 is 1.87 bits per heavy atom. The zero-order valence-corrected chi connectivity index (χ0v) is 21.1. The maximum Gasteiger partial charge on any atom is 0.416 e. The summed E-state index contributed by atoms with van der Waals surface area (Å²) in [5.74, 6) is 0.611. The van der Waals surface area contributed by atoms with E-state index in [-0.39, 0.29) is 5.75 Å². The molecule has 0 radical (unpaired) electrons. The Morgan fingerprint density at radius 3 is 2.63 bits per heavy atom. The number of halogens is 2. The van der Waals surface area contributed by atoms with E-state index >= 15 is 0 Å². The molecule has 9 heteroatoms. The molecule has 1 N–H and O–H groups in total. The Kier molecular flexibility index (Phi) is 6.47. The van der Waals surface area contributed by atoms with Crippen molar-refractivity contribution in [2.45, 2.75) is 19.0 Å². The van der Waals surface area contributed by atoms with Crippen LogP contribution in [-0.2, 0) is 13.0 Å². The molecular weight excluding hydrogens is 507 g/mol. The molecule has 0 aliphatic carbocycles. The minimum Gasteiger partial charge on any atom is -0.492 e. The molecule has 2 aromatic heterocycles. The molecule has 192 valence electrons. The van der Waals surface area contributed by atoms with E-state index in [9.17, 15) is 9.18 Å². The predicted octanol–water partition coefficient (Wildman–Crippen LogP) is 6.38. The third-order valence-electron chi connectivity index (χ3n) is 6.69. The molecule has 1 unspecified atom stereocenters. The second-order valence-electron chi connectivity index (χ2n) is 9.06. The highest BCUT2D eigenvalue weighted by Crippen LogP contribution is 2.40.